The number of allylic oxidation sites excluding steroid dienone is 5. The molecule has 1 fully saturated rings. The Morgan fingerprint density at radius 1 is 1.28 bits per heavy atom. The fourth-order valence-corrected chi connectivity index (χ4v) is 3.55. The van der Waals surface area contributed by atoms with E-state index < -0.39 is 0 Å². The van der Waals surface area contributed by atoms with Crippen molar-refractivity contribution in [3.05, 3.63) is 57.9 Å². The van der Waals surface area contributed by atoms with Crippen LogP contribution in [0.5, 0.6) is 0 Å². The average Bonchev–Trinajstić information content (AvgIpc) is 2.60. The summed E-state index contributed by atoms with van der Waals surface area (Å²) < 4.78 is 14.4. The summed E-state index contributed by atoms with van der Waals surface area (Å²) in [5.41, 5.74) is 6.72. The third-order valence-corrected chi connectivity index (χ3v) is 5.03. The lowest BCUT2D eigenvalue weighted by atomic mass is 9.87. The lowest BCUT2D eigenvalue weighted by Crippen LogP contribution is -2.31. The van der Waals surface area contributed by atoms with Gasteiger partial charge in [-0.15, -0.1) is 0 Å². The van der Waals surface area contributed by atoms with Crippen molar-refractivity contribution >= 4 is 17.1 Å². The van der Waals surface area contributed by atoms with Gasteiger partial charge in [-0.3, -0.25) is 4.79 Å². The minimum atomic E-state index is -0.262. The smallest absolute Gasteiger partial charge is 0.247 e. The van der Waals surface area contributed by atoms with E-state index in [1.165, 1.54) is 5.57 Å². The lowest BCUT2D eigenvalue weighted by Gasteiger charge is -2.20. The summed E-state index contributed by atoms with van der Waals surface area (Å²) >= 11 is 0. The summed E-state index contributed by atoms with van der Waals surface area (Å²) in [7, 11) is 0. The van der Waals surface area contributed by atoms with Crippen molar-refractivity contribution in [3.8, 4) is 0 Å². The average molecular weight is 341 g/mol. The van der Waals surface area contributed by atoms with Crippen LogP contribution in [0, 0.1) is 12.7 Å². The van der Waals surface area contributed by atoms with Crippen LogP contribution in [-0.4, -0.2) is 12.5 Å². The number of hydrogen-bond acceptors (Lipinski definition) is 1. The minimum Gasteiger partial charge on any atom is -0.352 e. The highest BCUT2D eigenvalue weighted by molar-refractivity contribution is 6.01. The molecule has 1 aliphatic heterocycles. The molecule has 25 heavy (non-hydrogen) atoms. The number of rotatable bonds is 4. The van der Waals surface area contributed by atoms with E-state index in [4.69, 9.17) is 0 Å². The monoisotopic (exact) mass is 341 g/mol. The Hall–Kier alpha value is -2.16. The van der Waals surface area contributed by atoms with E-state index in [-0.39, 0.29) is 11.7 Å². The third kappa shape index (κ3) is 4.09. The van der Waals surface area contributed by atoms with Crippen molar-refractivity contribution in [1.29, 1.82) is 0 Å². The number of carbonyl (C=O) groups excluding carboxylic acids is 1. The number of amides is 1. The van der Waals surface area contributed by atoms with E-state index in [1.54, 1.807) is 12.1 Å². The Morgan fingerprint density at radius 3 is 2.56 bits per heavy atom. The number of nitrogens with one attached hydrogen (secondary N) is 1. The summed E-state index contributed by atoms with van der Waals surface area (Å²) in [5, 5.41) is 2.89. The largest absolute Gasteiger partial charge is 0.352 e. The van der Waals surface area contributed by atoms with Gasteiger partial charge in [0.15, 0.2) is 0 Å². The first-order valence-electron chi connectivity index (χ1n) is 9.01. The Bertz CT molecular complexity index is 768. The second-order valence-electron chi connectivity index (χ2n) is 6.59. The highest BCUT2D eigenvalue weighted by Crippen LogP contribution is 2.33. The zero-order chi connectivity index (χ0) is 18.6. The quantitative estimate of drug-likeness (QED) is 0.562. The van der Waals surface area contributed by atoms with Crippen molar-refractivity contribution < 1.29 is 9.18 Å². The van der Waals surface area contributed by atoms with Crippen LogP contribution in [0.15, 0.2) is 35.4 Å². The van der Waals surface area contributed by atoms with E-state index in [2.05, 4.69) is 18.3 Å². The maximum absolute atomic E-state index is 14.4. The van der Waals surface area contributed by atoms with Gasteiger partial charge in [-0.05, 0) is 92.5 Å². The Morgan fingerprint density at radius 2 is 1.96 bits per heavy atom. The molecule has 1 heterocycles. The zero-order valence-electron chi connectivity index (χ0n) is 15.9. The SMILES string of the molecule is C/C=C\C(CC)=C(/C)c1cc(F)cc(/C(C)=C2\CCCNC2=O)c1C. The molecular formula is C22H28FNO. The van der Waals surface area contributed by atoms with Gasteiger partial charge in [0.1, 0.15) is 5.82 Å². The fraction of sp³-hybridized carbons (Fsp3) is 0.409. The molecule has 1 aliphatic rings. The van der Waals surface area contributed by atoms with E-state index >= 15 is 0 Å². The maximum atomic E-state index is 14.4. The highest BCUT2D eigenvalue weighted by atomic mass is 19.1. The normalized spacial score (nSPS) is 18.2. The van der Waals surface area contributed by atoms with Crippen LogP contribution < -0.4 is 5.32 Å². The molecule has 0 unspecified atom stereocenters. The molecule has 2 rings (SSSR count). The van der Waals surface area contributed by atoms with Crippen molar-refractivity contribution in [2.75, 3.05) is 6.54 Å². The first-order valence-corrected chi connectivity index (χ1v) is 9.01. The van der Waals surface area contributed by atoms with Gasteiger partial charge < -0.3 is 5.32 Å². The Labute approximate surface area is 150 Å². The second kappa shape index (κ2) is 8.28. The zero-order valence-corrected chi connectivity index (χ0v) is 15.9. The van der Waals surface area contributed by atoms with Gasteiger partial charge in [0, 0.05) is 12.1 Å². The maximum Gasteiger partial charge on any atom is 0.247 e. The summed E-state index contributed by atoms with van der Waals surface area (Å²) in [6.45, 7) is 10.8. The van der Waals surface area contributed by atoms with Crippen molar-refractivity contribution in [2.45, 2.75) is 53.9 Å². The first kappa shape index (κ1) is 19.2. The molecule has 0 aromatic heterocycles. The van der Waals surface area contributed by atoms with Gasteiger partial charge in [0.25, 0.3) is 0 Å². The predicted octanol–water partition coefficient (Wildman–Crippen LogP) is 5.58. The number of halogens is 1. The van der Waals surface area contributed by atoms with Gasteiger partial charge in [-0.2, -0.15) is 0 Å². The van der Waals surface area contributed by atoms with Crippen LogP contribution in [0.1, 0.15) is 63.6 Å². The fourth-order valence-electron chi connectivity index (χ4n) is 3.55. The van der Waals surface area contributed by atoms with E-state index in [1.807, 2.05) is 33.8 Å². The molecule has 2 nitrogen and oxygen atoms in total. The Kier molecular flexibility index (Phi) is 6.35. The third-order valence-electron chi connectivity index (χ3n) is 5.03. The Balaban J connectivity index is 2.65. The van der Waals surface area contributed by atoms with E-state index in [0.29, 0.717) is 6.54 Å². The summed E-state index contributed by atoms with van der Waals surface area (Å²) in [6.07, 6.45) is 6.66. The second-order valence-corrected chi connectivity index (χ2v) is 6.59. The molecule has 0 radical (unpaired) electrons. The first-order chi connectivity index (χ1) is 11.9. The molecule has 0 spiro atoms. The number of piperidine rings is 1. The molecule has 0 aliphatic carbocycles. The summed E-state index contributed by atoms with van der Waals surface area (Å²) in [6, 6.07) is 3.16. The predicted molar refractivity (Wildman–Crippen MR) is 104 cm³/mol. The van der Waals surface area contributed by atoms with Crippen LogP contribution in [0.4, 0.5) is 4.39 Å². The van der Waals surface area contributed by atoms with E-state index in [0.717, 1.165) is 52.7 Å². The van der Waals surface area contributed by atoms with Gasteiger partial charge in [-0.1, -0.05) is 19.1 Å². The molecule has 0 saturated carbocycles. The van der Waals surface area contributed by atoms with Crippen LogP contribution in [-0.2, 0) is 4.79 Å². The standard InChI is InChI=1S/C22H28FNO/c1-6-9-17(7-2)14(3)20-12-18(23)13-21(16(20)5)15(4)19-10-8-11-24-22(19)25/h6,9,12-13H,7-8,10-11H2,1-5H3,(H,24,25)/b9-6-,17-14+,19-15+. The molecule has 3 heteroatoms. The molecule has 134 valence electrons. The molecule has 1 amide bonds. The summed E-state index contributed by atoms with van der Waals surface area (Å²) in [4.78, 5) is 12.2. The molecule has 1 aromatic rings. The molecule has 1 saturated heterocycles. The molecule has 1 aromatic carbocycles. The minimum absolute atomic E-state index is 0.0237. The van der Waals surface area contributed by atoms with Crippen molar-refractivity contribution in [1.82, 2.24) is 5.32 Å². The number of carbonyl (C=O) groups is 1. The topological polar surface area (TPSA) is 29.1 Å². The summed E-state index contributed by atoms with van der Waals surface area (Å²) in [5.74, 6) is -0.286. The number of benzene rings is 1. The molecule has 0 bridgehead atoms. The van der Waals surface area contributed by atoms with Crippen LogP contribution in [0.25, 0.3) is 11.1 Å². The van der Waals surface area contributed by atoms with Gasteiger partial charge in [-0.25, -0.2) is 4.39 Å². The van der Waals surface area contributed by atoms with Crippen LogP contribution in [0.3, 0.4) is 0 Å². The molecule has 1 N–H and O–H groups in total. The van der Waals surface area contributed by atoms with Gasteiger partial charge >= 0.3 is 0 Å². The van der Waals surface area contributed by atoms with Crippen molar-refractivity contribution in [2.24, 2.45) is 0 Å². The number of hydrogen-bond donors (Lipinski definition) is 1. The van der Waals surface area contributed by atoms with Crippen LogP contribution >= 0.6 is 0 Å². The van der Waals surface area contributed by atoms with E-state index in [9.17, 15) is 9.18 Å². The lowest BCUT2D eigenvalue weighted by molar-refractivity contribution is -0.118. The molecule has 0 atom stereocenters. The van der Waals surface area contributed by atoms with Gasteiger partial charge in [0.05, 0.1) is 0 Å². The van der Waals surface area contributed by atoms with Crippen LogP contribution in [0.2, 0.25) is 0 Å². The molecular weight excluding hydrogens is 313 g/mol. The highest BCUT2D eigenvalue weighted by Gasteiger charge is 2.20. The van der Waals surface area contributed by atoms with Gasteiger partial charge in [0.2, 0.25) is 5.91 Å². The van der Waals surface area contributed by atoms with Crippen molar-refractivity contribution in [3.63, 3.8) is 0 Å².